The van der Waals surface area contributed by atoms with Gasteiger partial charge < -0.3 is 0 Å². The van der Waals surface area contributed by atoms with Crippen LogP contribution in [0.1, 0.15) is 64.2 Å². The number of alkyl halides is 3. The van der Waals surface area contributed by atoms with E-state index in [4.69, 9.17) is 5.26 Å². The Labute approximate surface area is 125 Å². The lowest BCUT2D eigenvalue weighted by Crippen LogP contribution is -2.49. The van der Waals surface area contributed by atoms with Gasteiger partial charge in [0, 0.05) is 18.6 Å². The molecule has 0 aromatic carbocycles. The molecule has 2 nitrogen and oxygen atoms in total. The van der Waals surface area contributed by atoms with Crippen molar-refractivity contribution in [1.29, 1.82) is 5.26 Å². The Morgan fingerprint density at radius 2 is 1.33 bits per heavy atom. The number of rotatable bonds is 4. The molecule has 2 aliphatic rings. The standard InChI is InChI=1S/C16H25F3N2/c17-16(18,19)13(11-20)12-21(14-7-3-1-4-8-14)15-9-5-2-6-10-15/h13-15H,1-10,12H2. The maximum Gasteiger partial charge on any atom is 0.405 e. The van der Waals surface area contributed by atoms with Crippen LogP contribution in [0.5, 0.6) is 0 Å². The van der Waals surface area contributed by atoms with Crippen LogP contribution in [-0.4, -0.2) is 29.7 Å². The Hall–Kier alpha value is -0.760. The van der Waals surface area contributed by atoms with E-state index in [2.05, 4.69) is 4.90 Å². The van der Waals surface area contributed by atoms with Gasteiger partial charge in [-0.15, -0.1) is 0 Å². The van der Waals surface area contributed by atoms with Crippen molar-refractivity contribution in [2.75, 3.05) is 6.54 Å². The van der Waals surface area contributed by atoms with E-state index in [1.165, 1.54) is 18.9 Å². The van der Waals surface area contributed by atoms with Crippen LogP contribution in [0.3, 0.4) is 0 Å². The molecular formula is C16H25F3N2. The first kappa shape index (κ1) is 16.6. The number of nitriles is 1. The first-order valence-electron chi connectivity index (χ1n) is 8.24. The van der Waals surface area contributed by atoms with Gasteiger partial charge >= 0.3 is 6.18 Å². The second kappa shape index (κ2) is 7.49. The van der Waals surface area contributed by atoms with Crippen molar-refractivity contribution in [3.8, 4) is 6.07 Å². The topological polar surface area (TPSA) is 27.0 Å². The van der Waals surface area contributed by atoms with Crippen molar-refractivity contribution >= 4 is 0 Å². The molecule has 2 aliphatic carbocycles. The molecular weight excluding hydrogens is 277 g/mol. The van der Waals surface area contributed by atoms with Gasteiger partial charge in [0.05, 0.1) is 6.07 Å². The Morgan fingerprint density at radius 1 is 0.905 bits per heavy atom. The van der Waals surface area contributed by atoms with E-state index in [9.17, 15) is 13.2 Å². The summed E-state index contributed by atoms with van der Waals surface area (Å²) >= 11 is 0. The molecule has 2 saturated carbocycles. The first-order valence-corrected chi connectivity index (χ1v) is 8.24. The molecule has 0 spiro atoms. The normalized spacial score (nSPS) is 24.0. The summed E-state index contributed by atoms with van der Waals surface area (Å²) in [6.07, 6.45) is 6.38. The second-order valence-electron chi connectivity index (χ2n) is 6.50. The van der Waals surface area contributed by atoms with Crippen molar-refractivity contribution < 1.29 is 13.2 Å². The lowest BCUT2D eigenvalue weighted by Gasteiger charge is -2.42. The first-order chi connectivity index (χ1) is 10.0. The highest BCUT2D eigenvalue weighted by molar-refractivity contribution is 4.94. The predicted octanol–water partition coefficient (Wildman–Crippen LogP) is 4.66. The Balaban J connectivity index is 2.08. The summed E-state index contributed by atoms with van der Waals surface area (Å²) in [6.45, 7) is -0.130. The van der Waals surface area contributed by atoms with Gasteiger partial charge in [-0.05, 0) is 25.7 Å². The SMILES string of the molecule is N#CC(CN(C1CCCCC1)C1CCCCC1)C(F)(F)F. The summed E-state index contributed by atoms with van der Waals surface area (Å²) in [7, 11) is 0. The van der Waals surface area contributed by atoms with E-state index >= 15 is 0 Å². The maximum atomic E-state index is 13.0. The van der Waals surface area contributed by atoms with E-state index in [1.807, 2.05) is 0 Å². The number of hydrogen-bond donors (Lipinski definition) is 0. The van der Waals surface area contributed by atoms with Crippen LogP contribution in [0, 0.1) is 17.2 Å². The molecule has 0 N–H and O–H groups in total. The summed E-state index contributed by atoms with van der Waals surface area (Å²) in [6, 6.07) is 1.98. The third-order valence-corrected chi connectivity index (χ3v) is 5.03. The zero-order valence-corrected chi connectivity index (χ0v) is 12.5. The molecule has 0 aromatic rings. The fourth-order valence-electron chi connectivity index (χ4n) is 3.85. The minimum atomic E-state index is -4.41. The van der Waals surface area contributed by atoms with Gasteiger partial charge in [-0.1, -0.05) is 38.5 Å². The molecule has 0 aromatic heterocycles. The monoisotopic (exact) mass is 302 g/mol. The minimum absolute atomic E-state index is 0.130. The molecule has 0 aliphatic heterocycles. The quantitative estimate of drug-likeness (QED) is 0.755. The third-order valence-electron chi connectivity index (χ3n) is 5.03. The van der Waals surface area contributed by atoms with E-state index in [-0.39, 0.29) is 18.6 Å². The number of hydrogen-bond acceptors (Lipinski definition) is 2. The van der Waals surface area contributed by atoms with E-state index in [0.717, 1.165) is 51.4 Å². The molecule has 21 heavy (non-hydrogen) atoms. The molecule has 120 valence electrons. The molecule has 1 atom stereocenters. The highest BCUT2D eigenvalue weighted by Gasteiger charge is 2.43. The van der Waals surface area contributed by atoms with E-state index in [1.54, 1.807) is 0 Å². The Morgan fingerprint density at radius 3 is 1.67 bits per heavy atom. The fraction of sp³-hybridized carbons (Fsp3) is 0.938. The summed E-state index contributed by atoms with van der Waals surface area (Å²) in [5, 5.41) is 8.91. The minimum Gasteiger partial charge on any atom is -0.296 e. The van der Waals surface area contributed by atoms with Crippen LogP contribution in [-0.2, 0) is 0 Å². The molecule has 2 fully saturated rings. The molecule has 0 saturated heterocycles. The zero-order chi connectivity index (χ0) is 15.3. The fourth-order valence-corrected chi connectivity index (χ4v) is 3.85. The average molecular weight is 302 g/mol. The second-order valence-corrected chi connectivity index (χ2v) is 6.50. The lowest BCUT2D eigenvalue weighted by molar-refractivity contribution is -0.167. The molecule has 0 amide bonds. The van der Waals surface area contributed by atoms with Crippen LogP contribution in [0.4, 0.5) is 13.2 Å². The smallest absolute Gasteiger partial charge is 0.296 e. The summed E-state index contributed by atoms with van der Waals surface area (Å²) in [4.78, 5) is 2.06. The van der Waals surface area contributed by atoms with Crippen LogP contribution in [0.2, 0.25) is 0 Å². The van der Waals surface area contributed by atoms with Crippen molar-refractivity contribution in [3.05, 3.63) is 0 Å². The predicted molar refractivity (Wildman–Crippen MR) is 75.6 cm³/mol. The van der Waals surface area contributed by atoms with Crippen molar-refractivity contribution in [1.82, 2.24) is 4.90 Å². The molecule has 5 heteroatoms. The summed E-state index contributed by atoms with van der Waals surface area (Å²) < 4.78 is 38.9. The van der Waals surface area contributed by atoms with Crippen LogP contribution in [0.15, 0.2) is 0 Å². The maximum absolute atomic E-state index is 13.0. The van der Waals surface area contributed by atoms with Gasteiger partial charge in [0.2, 0.25) is 0 Å². The van der Waals surface area contributed by atoms with Gasteiger partial charge in [-0.3, -0.25) is 4.90 Å². The summed E-state index contributed by atoms with van der Waals surface area (Å²) in [5.74, 6) is -1.85. The molecule has 2 rings (SSSR count). The lowest BCUT2D eigenvalue weighted by atomic mass is 9.88. The number of nitrogens with zero attached hydrogens (tertiary/aromatic N) is 2. The molecule has 0 bridgehead atoms. The highest BCUT2D eigenvalue weighted by atomic mass is 19.4. The van der Waals surface area contributed by atoms with Gasteiger partial charge in [0.1, 0.15) is 0 Å². The van der Waals surface area contributed by atoms with Crippen molar-refractivity contribution in [2.24, 2.45) is 5.92 Å². The molecule has 1 unspecified atom stereocenters. The van der Waals surface area contributed by atoms with E-state index < -0.39 is 12.1 Å². The highest BCUT2D eigenvalue weighted by Crippen LogP contribution is 2.34. The summed E-state index contributed by atoms with van der Waals surface area (Å²) in [5.41, 5.74) is 0. The van der Waals surface area contributed by atoms with Crippen molar-refractivity contribution in [3.63, 3.8) is 0 Å². The van der Waals surface area contributed by atoms with Crippen LogP contribution >= 0.6 is 0 Å². The number of halogens is 3. The Bertz CT molecular complexity index is 332. The van der Waals surface area contributed by atoms with Gasteiger partial charge in [-0.2, -0.15) is 18.4 Å². The zero-order valence-electron chi connectivity index (χ0n) is 12.5. The van der Waals surface area contributed by atoms with Gasteiger partial charge in [0.25, 0.3) is 0 Å². The van der Waals surface area contributed by atoms with Gasteiger partial charge in [-0.25, -0.2) is 0 Å². The van der Waals surface area contributed by atoms with Crippen molar-refractivity contribution in [2.45, 2.75) is 82.5 Å². The Kier molecular flexibility index (Phi) is 5.92. The molecule has 0 heterocycles. The van der Waals surface area contributed by atoms with E-state index in [0.29, 0.717) is 0 Å². The van der Waals surface area contributed by atoms with Crippen LogP contribution in [0.25, 0.3) is 0 Å². The largest absolute Gasteiger partial charge is 0.405 e. The molecule has 0 radical (unpaired) electrons. The van der Waals surface area contributed by atoms with Crippen LogP contribution < -0.4 is 0 Å². The third kappa shape index (κ3) is 4.60. The van der Waals surface area contributed by atoms with Gasteiger partial charge in [0.15, 0.2) is 5.92 Å². The average Bonchev–Trinajstić information content (AvgIpc) is 2.49.